The number of hydrogen-bond donors (Lipinski definition) is 2. The zero-order valence-electron chi connectivity index (χ0n) is 11.1. The van der Waals surface area contributed by atoms with E-state index >= 15 is 0 Å². The number of nitriles is 1. The Hall–Kier alpha value is -3.07. The highest BCUT2D eigenvalue weighted by Crippen LogP contribution is 2.26. The molecular weight excluding hydrogens is 275 g/mol. The third-order valence-electron chi connectivity index (χ3n) is 2.79. The third kappa shape index (κ3) is 3.09. The number of carbonyl (C=O) groups is 1. The second kappa shape index (κ2) is 5.92. The molecule has 0 spiro atoms. The molecule has 0 aliphatic heterocycles. The summed E-state index contributed by atoms with van der Waals surface area (Å²) < 4.78 is 18.1. The summed E-state index contributed by atoms with van der Waals surface area (Å²) in [5.74, 6) is -1.07. The number of aromatic hydroxyl groups is 1. The van der Waals surface area contributed by atoms with Crippen LogP contribution in [0.2, 0.25) is 0 Å². The average Bonchev–Trinajstić information content (AvgIpc) is 2.49. The minimum atomic E-state index is -0.655. The number of phenols is 1. The first kappa shape index (κ1) is 14.3. The SMILES string of the molecule is COc1ccc(C(=O)Nc2ccc(F)c(C#N)c2)cc1O. The summed E-state index contributed by atoms with van der Waals surface area (Å²) in [6, 6.07) is 9.55. The van der Waals surface area contributed by atoms with Crippen LogP contribution in [0.1, 0.15) is 15.9 Å². The van der Waals surface area contributed by atoms with E-state index in [2.05, 4.69) is 5.32 Å². The maximum absolute atomic E-state index is 13.2. The van der Waals surface area contributed by atoms with Crippen LogP contribution < -0.4 is 10.1 Å². The van der Waals surface area contributed by atoms with Crippen molar-refractivity contribution in [2.24, 2.45) is 0 Å². The molecule has 1 amide bonds. The van der Waals surface area contributed by atoms with Crippen LogP contribution in [0, 0.1) is 17.1 Å². The van der Waals surface area contributed by atoms with Crippen molar-refractivity contribution in [1.82, 2.24) is 0 Å². The van der Waals surface area contributed by atoms with E-state index in [0.29, 0.717) is 0 Å². The van der Waals surface area contributed by atoms with Gasteiger partial charge in [-0.2, -0.15) is 5.26 Å². The van der Waals surface area contributed by atoms with Crippen molar-refractivity contribution >= 4 is 11.6 Å². The topological polar surface area (TPSA) is 82.3 Å². The normalized spacial score (nSPS) is 9.76. The fourth-order valence-electron chi connectivity index (χ4n) is 1.72. The van der Waals surface area contributed by atoms with Crippen molar-refractivity contribution in [2.75, 3.05) is 12.4 Å². The van der Waals surface area contributed by atoms with E-state index in [-0.39, 0.29) is 28.3 Å². The number of methoxy groups -OCH3 is 1. The summed E-state index contributed by atoms with van der Waals surface area (Å²) in [5, 5.41) is 20.9. The summed E-state index contributed by atoms with van der Waals surface area (Å²) in [6.45, 7) is 0. The molecule has 6 heteroatoms. The largest absolute Gasteiger partial charge is 0.504 e. The molecule has 0 bridgehead atoms. The number of hydrogen-bond acceptors (Lipinski definition) is 4. The predicted octanol–water partition coefficient (Wildman–Crippen LogP) is 2.66. The predicted molar refractivity (Wildman–Crippen MR) is 73.7 cm³/mol. The quantitative estimate of drug-likeness (QED) is 0.908. The summed E-state index contributed by atoms with van der Waals surface area (Å²) >= 11 is 0. The van der Waals surface area contributed by atoms with Crippen molar-refractivity contribution in [3.63, 3.8) is 0 Å². The second-order valence-corrected chi connectivity index (χ2v) is 4.15. The summed E-state index contributed by atoms with van der Waals surface area (Å²) in [6.07, 6.45) is 0. The first-order chi connectivity index (χ1) is 10.0. The molecule has 0 saturated carbocycles. The number of benzene rings is 2. The zero-order chi connectivity index (χ0) is 15.4. The van der Waals surface area contributed by atoms with Crippen LogP contribution in [0.25, 0.3) is 0 Å². The first-order valence-electron chi connectivity index (χ1n) is 5.93. The smallest absolute Gasteiger partial charge is 0.255 e. The molecule has 5 nitrogen and oxygen atoms in total. The molecule has 106 valence electrons. The second-order valence-electron chi connectivity index (χ2n) is 4.15. The number of halogens is 1. The Morgan fingerprint density at radius 1 is 1.33 bits per heavy atom. The van der Waals surface area contributed by atoms with E-state index in [1.165, 1.54) is 37.4 Å². The molecule has 21 heavy (non-hydrogen) atoms. The van der Waals surface area contributed by atoms with E-state index < -0.39 is 11.7 Å². The van der Waals surface area contributed by atoms with Crippen LogP contribution in [-0.4, -0.2) is 18.1 Å². The maximum Gasteiger partial charge on any atom is 0.255 e. The standard InChI is InChI=1S/C15H11FN2O3/c1-21-14-5-2-9(7-13(14)19)15(20)18-11-3-4-12(16)10(6-11)8-17/h2-7,19H,1H3,(H,18,20). The number of carbonyl (C=O) groups excluding carboxylic acids is 1. The van der Waals surface area contributed by atoms with Gasteiger partial charge in [-0.3, -0.25) is 4.79 Å². The molecule has 0 radical (unpaired) electrons. The zero-order valence-corrected chi connectivity index (χ0v) is 11.1. The summed E-state index contributed by atoms with van der Waals surface area (Å²) in [7, 11) is 1.40. The monoisotopic (exact) mass is 286 g/mol. The van der Waals surface area contributed by atoms with E-state index in [0.717, 1.165) is 6.07 Å². The molecule has 0 aliphatic rings. The number of amides is 1. The molecule has 0 atom stereocenters. The lowest BCUT2D eigenvalue weighted by Gasteiger charge is -2.08. The lowest BCUT2D eigenvalue weighted by molar-refractivity contribution is 0.102. The fourth-order valence-corrected chi connectivity index (χ4v) is 1.72. The van der Waals surface area contributed by atoms with Gasteiger partial charge in [0.05, 0.1) is 12.7 Å². The molecular formula is C15H11FN2O3. The van der Waals surface area contributed by atoms with Gasteiger partial charge in [-0.1, -0.05) is 0 Å². The van der Waals surface area contributed by atoms with E-state index in [9.17, 15) is 14.3 Å². The van der Waals surface area contributed by atoms with Gasteiger partial charge in [-0.05, 0) is 36.4 Å². The Morgan fingerprint density at radius 3 is 2.71 bits per heavy atom. The van der Waals surface area contributed by atoms with Crippen LogP contribution >= 0.6 is 0 Å². The van der Waals surface area contributed by atoms with Gasteiger partial charge >= 0.3 is 0 Å². The summed E-state index contributed by atoms with van der Waals surface area (Å²) in [4.78, 5) is 12.0. The van der Waals surface area contributed by atoms with E-state index in [4.69, 9.17) is 10.00 Å². The highest BCUT2D eigenvalue weighted by atomic mass is 19.1. The first-order valence-corrected chi connectivity index (χ1v) is 5.93. The lowest BCUT2D eigenvalue weighted by Crippen LogP contribution is -2.12. The molecule has 0 saturated heterocycles. The lowest BCUT2D eigenvalue weighted by atomic mass is 10.1. The number of nitrogens with zero attached hydrogens (tertiary/aromatic N) is 1. The van der Waals surface area contributed by atoms with Crippen molar-refractivity contribution in [2.45, 2.75) is 0 Å². The third-order valence-corrected chi connectivity index (χ3v) is 2.79. The van der Waals surface area contributed by atoms with Gasteiger partial charge < -0.3 is 15.2 Å². The molecule has 0 aromatic heterocycles. The van der Waals surface area contributed by atoms with Gasteiger partial charge in [-0.15, -0.1) is 0 Å². The average molecular weight is 286 g/mol. The number of rotatable bonds is 3. The van der Waals surface area contributed by atoms with Crippen LogP contribution in [0.3, 0.4) is 0 Å². The molecule has 0 heterocycles. The van der Waals surface area contributed by atoms with E-state index in [1.54, 1.807) is 6.07 Å². The number of phenolic OH excluding ortho intramolecular Hbond substituents is 1. The van der Waals surface area contributed by atoms with Crippen molar-refractivity contribution < 1.29 is 19.0 Å². The van der Waals surface area contributed by atoms with Crippen LogP contribution in [0.15, 0.2) is 36.4 Å². The van der Waals surface area contributed by atoms with E-state index in [1.807, 2.05) is 0 Å². The highest BCUT2D eigenvalue weighted by molar-refractivity contribution is 6.04. The van der Waals surface area contributed by atoms with Gasteiger partial charge in [0.1, 0.15) is 11.9 Å². The van der Waals surface area contributed by atoms with Gasteiger partial charge in [0, 0.05) is 11.3 Å². The minimum absolute atomic E-state index is 0.162. The summed E-state index contributed by atoms with van der Waals surface area (Å²) in [5.41, 5.74) is 0.328. The van der Waals surface area contributed by atoms with Gasteiger partial charge in [-0.25, -0.2) is 4.39 Å². The number of nitrogens with one attached hydrogen (secondary N) is 1. The van der Waals surface area contributed by atoms with Gasteiger partial charge in [0.15, 0.2) is 11.5 Å². The van der Waals surface area contributed by atoms with Crippen LogP contribution in [-0.2, 0) is 0 Å². The van der Waals surface area contributed by atoms with Gasteiger partial charge in [0.2, 0.25) is 0 Å². The Kier molecular flexibility index (Phi) is 4.05. The minimum Gasteiger partial charge on any atom is -0.504 e. The van der Waals surface area contributed by atoms with Gasteiger partial charge in [0.25, 0.3) is 5.91 Å². The molecule has 2 aromatic carbocycles. The maximum atomic E-state index is 13.2. The van der Waals surface area contributed by atoms with Crippen molar-refractivity contribution in [3.8, 4) is 17.6 Å². The number of anilines is 1. The molecule has 2 rings (SSSR count). The molecule has 0 unspecified atom stereocenters. The Morgan fingerprint density at radius 2 is 2.10 bits per heavy atom. The van der Waals surface area contributed by atoms with Crippen LogP contribution in [0.4, 0.5) is 10.1 Å². The molecule has 0 aliphatic carbocycles. The fraction of sp³-hybridized carbons (Fsp3) is 0.0667. The van der Waals surface area contributed by atoms with Crippen LogP contribution in [0.5, 0.6) is 11.5 Å². The Bertz CT molecular complexity index is 738. The molecule has 2 N–H and O–H groups in total. The molecule has 2 aromatic rings. The Balaban J connectivity index is 2.22. The highest BCUT2D eigenvalue weighted by Gasteiger charge is 2.11. The Labute approximate surface area is 120 Å². The number of ether oxygens (including phenoxy) is 1. The molecule has 0 fully saturated rings. The van der Waals surface area contributed by atoms with Crippen molar-refractivity contribution in [1.29, 1.82) is 5.26 Å². The van der Waals surface area contributed by atoms with Crippen molar-refractivity contribution in [3.05, 3.63) is 53.3 Å².